The van der Waals surface area contributed by atoms with Crippen molar-refractivity contribution >= 4 is 23.4 Å². The van der Waals surface area contributed by atoms with E-state index in [4.69, 9.17) is 0 Å². The Balaban J connectivity index is 1.65. The van der Waals surface area contributed by atoms with E-state index in [1.54, 1.807) is 38.0 Å². The van der Waals surface area contributed by atoms with Gasteiger partial charge >= 0.3 is 6.18 Å². The summed E-state index contributed by atoms with van der Waals surface area (Å²) < 4.78 is 52.5. The van der Waals surface area contributed by atoms with Crippen LogP contribution < -0.4 is 16.0 Å². The maximum absolute atomic E-state index is 13.0. The van der Waals surface area contributed by atoms with Gasteiger partial charge in [0.25, 0.3) is 5.91 Å². The molecule has 1 amide bonds. The highest BCUT2D eigenvalue weighted by Gasteiger charge is 2.32. The Morgan fingerprint density at radius 3 is 2.54 bits per heavy atom. The van der Waals surface area contributed by atoms with Crippen LogP contribution >= 0.6 is 0 Å². The molecule has 3 rings (SSSR count). The zero-order valence-electron chi connectivity index (χ0n) is 19.2. The van der Waals surface area contributed by atoms with Crippen LogP contribution in [0.5, 0.6) is 0 Å². The molecule has 0 aliphatic carbocycles. The van der Waals surface area contributed by atoms with Crippen molar-refractivity contribution in [2.45, 2.75) is 33.1 Å². The van der Waals surface area contributed by atoms with Crippen LogP contribution in [0, 0.1) is 6.92 Å². The van der Waals surface area contributed by atoms with E-state index >= 15 is 0 Å². The van der Waals surface area contributed by atoms with Crippen molar-refractivity contribution < 1.29 is 22.4 Å². The molecule has 0 aliphatic rings. The topological polar surface area (TPSA) is 110 Å². The maximum Gasteiger partial charge on any atom is 0.433 e. The van der Waals surface area contributed by atoms with Crippen molar-refractivity contribution in [1.82, 2.24) is 24.7 Å². The second kappa shape index (κ2) is 10.9. The molecule has 35 heavy (non-hydrogen) atoms. The number of aromatic nitrogens is 5. The molecule has 3 aromatic heterocycles. The van der Waals surface area contributed by atoms with Gasteiger partial charge in [0, 0.05) is 37.1 Å². The number of nitrogens with one attached hydrogen (secondary N) is 3. The molecule has 0 radical (unpaired) electrons. The third-order valence-corrected chi connectivity index (χ3v) is 4.95. The second-order valence-electron chi connectivity index (χ2n) is 7.46. The van der Waals surface area contributed by atoms with Crippen LogP contribution in [0.3, 0.4) is 0 Å². The van der Waals surface area contributed by atoms with Gasteiger partial charge in [-0.25, -0.2) is 9.37 Å². The van der Waals surface area contributed by atoms with E-state index in [9.17, 15) is 22.4 Å². The van der Waals surface area contributed by atoms with Crippen molar-refractivity contribution in [2.24, 2.45) is 0 Å². The number of halogens is 4. The van der Waals surface area contributed by atoms with Gasteiger partial charge in [0.05, 0.1) is 18.4 Å². The SMILES string of the molecule is C/C=C(/CF)C(=O)Nc1c(C)nc(NCc2cnn(Cc3ccc(C(F)(F)F)nc3)c2)nc1NC. The van der Waals surface area contributed by atoms with Crippen molar-refractivity contribution in [3.63, 3.8) is 0 Å². The zero-order chi connectivity index (χ0) is 25.6. The molecular weight excluding hydrogens is 468 g/mol. The molecule has 0 fully saturated rings. The molecule has 0 bridgehead atoms. The number of anilines is 3. The van der Waals surface area contributed by atoms with Crippen molar-refractivity contribution in [1.29, 1.82) is 0 Å². The number of hydrogen-bond donors (Lipinski definition) is 3. The number of alkyl halides is 4. The Kier molecular flexibility index (Phi) is 7.99. The summed E-state index contributed by atoms with van der Waals surface area (Å²) in [5.41, 5.74) is 1.23. The first-order chi connectivity index (χ1) is 16.6. The summed E-state index contributed by atoms with van der Waals surface area (Å²) in [5.74, 6) is 0.0732. The maximum atomic E-state index is 13.0. The molecule has 186 valence electrons. The van der Waals surface area contributed by atoms with E-state index in [0.717, 1.165) is 11.6 Å². The van der Waals surface area contributed by atoms with Gasteiger partial charge in [-0.2, -0.15) is 23.3 Å². The highest BCUT2D eigenvalue weighted by atomic mass is 19.4. The van der Waals surface area contributed by atoms with E-state index in [-0.39, 0.29) is 12.1 Å². The van der Waals surface area contributed by atoms with E-state index in [1.807, 2.05) is 0 Å². The lowest BCUT2D eigenvalue weighted by atomic mass is 10.2. The van der Waals surface area contributed by atoms with Gasteiger partial charge < -0.3 is 16.0 Å². The molecule has 3 aromatic rings. The van der Waals surface area contributed by atoms with Crippen LogP contribution in [0.25, 0.3) is 0 Å². The minimum atomic E-state index is -4.48. The Labute approximate surface area is 198 Å². The summed E-state index contributed by atoms with van der Waals surface area (Å²) in [4.78, 5) is 24.3. The molecule has 0 aromatic carbocycles. The molecule has 3 heterocycles. The van der Waals surface area contributed by atoms with E-state index in [2.05, 4.69) is 36.0 Å². The van der Waals surface area contributed by atoms with Gasteiger partial charge in [0.1, 0.15) is 18.1 Å². The highest BCUT2D eigenvalue weighted by Crippen LogP contribution is 2.27. The van der Waals surface area contributed by atoms with Crippen LogP contribution in [-0.4, -0.2) is 44.4 Å². The molecular formula is C22H24F4N8O. The number of nitrogens with zero attached hydrogens (tertiary/aromatic N) is 5. The molecule has 9 nitrogen and oxygen atoms in total. The fourth-order valence-electron chi connectivity index (χ4n) is 3.08. The first-order valence-electron chi connectivity index (χ1n) is 10.5. The molecule has 0 saturated heterocycles. The number of aryl methyl sites for hydroxylation is 1. The summed E-state index contributed by atoms with van der Waals surface area (Å²) in [7, 11) is 1.63. The molecule has 0 unspecified atom stereocenters. The zero-order valence-corrected chi connectivity index (χ0v) is 19.2. The first kappa shape index (κ1) is 25.6. The molecule has 13 heteroatoms. The number of hydrogen-bond acceptors (Lipinski definition) is 7. The monoisotopic (exact) mass is 492 g/mol. The number of rotatable bonds is 9. The average Bonchev–Trinajstić information content (AvgIpc) is 3.27. The first-order valence-corrected chi connectivity index (χ1v) is 10.5. The normalized spacial score (nSPS) is 11.9. The van der Waals surface area contributed by atoms with Gasteiger partial charge in [-0.3, -0.25) is 14.5 Å². The predicted octanol–water partition coefficient (Wildman–Crippen LogP) is 3.95. The number of pyridine rings is 1. The number of carbonyl (C=O) groups excluding carboxylic acids is 1. The van der Waals surface area contributed by atoms with Gasteiger partial charge in [-0.05, 0) is 25.5 Å². The van der Waals surface area contributed by atoms with Gasteiger partial charge in [0.2, 0.25) is 5.95 Å². The lowest BCUT2D eigenvalue weighted by molar-refractivity contribution is -0.141. The Morgan fingerprint density at radius 1 is 1.17 bits per heavy atom. The molecule has 0 saturated carbocycles. The number of amides is 1. The smallest absolute Gasteiger partial charge is 0.371 e. The van der Waals surface area contributed by atoms with Crippen LogP contribution in [0.1, 0.15) is 29.4 Å². The lowest BCUT2D eigenvalue weighted by Crippen LogP contribution is -2.19. The Bertz CT molecular complexity index is 1210. The predicted molar refractivity (Wildman–Crippen MR) is 123 cm³/mol. The van der Waals surface area contributed by atoms with Crippen LogP contribution in [0.15, 0.2) is 42.4 Å². The standard InChI is InChI=1S/C22H24F4N8O/c1-4-16(7-23)20(35)32-18-13(2)31-21(33-19(18)27-3)29-9-15-10-30-34(12-15)11-14-5-6-17(28-8-14)22(24,25)26/h4-6,8,10,12H,7,9,11H2,1-3H3,(H,32,35)(H2,27,29,31,33)/b16-4-. The van der Waals surface area contributed by atoms with Gasteiger partial charge in [-0.1, -0.05) is 12.1 Å². The number of allylic oxidation sites excluding steroid dienone is 1. The Morgan fingerprint density at radius 2 is 1.94 bits per heavy atom. The fourth-order valence-corrected chi connectivity index (χ4v) is 3.08. The molecule has 0 aliphatic heterocycles. The van der Waals surface area contributed by atoms with Crippen LogP contribution in [0.2, 0.25) is 0 Å². The summed E-state index contributed by atoms with van der Waals surface area (Å²) >= 11 is 0. The lowest BCUT2D eigenvalue weighted by Gasteiger charge is -2.15. The summed E-state index contributed by atoms with van der Waals surface area (Å²) in [6.45, 7) is 2.95. The fraction of sp³-hybridized carbons (Fsp3) is 0.318. The van der Waals surface area contributed by atoms with Crippen molar-refractivity contribution in [3.05, 3.63) is 64.9 Å². The minimum Gasteiger partial charge on any atom is -0.371 e. The van der Waals surface area contributed by atoms with E-state index in [0.29, 0.717) is 35.3 Å². The van der Waals surface area contributed by atoms with Gasteiger partial charge in [0.15, 0.2) is 5.82 Å². The van der Waals surface area contributed by atoms with Crippen molar-refractivity contribution in [3.8, 4) is 0 Å². The molecule has 3 N–H and O–H groups in total. The third kappa shape index (κ3) is 6.52. The quantitative estimate of drug-likeness (QED) is 0.307. The largest absolute Gasteiger partial charge is 0.433 e. The van der Waals surface area contributed by atoms with Gasteiger partial charge in [-0.15, -0.1) is 0 Å². The van der Waals surface area contributed by atoms with E-state index in [1.165, 1.54) is 18.3 Å². The average molecular weight is 492 g/mol. The summed E-state index contributed by atoms with van der Waals surface area (Å²) in [5, 5.41) is 12.8. The molecule has 0 spiro atoms. The minimum absolute atomic E-state index is 0.00209. The summed E-state index contributed by atoms with van der Waals surface area (Å²) in [6, 6.07) is 2.29. The Hall–Kier alpha value is -4.03. The van der Waals surface area contributed by atoms with Crippen LogP contribution in [0.4, 0.5) is 35.0 Å². The number of carbonyl (C=O) groups is 1. The summed E-state index contributed by atoms with van der Waals surface area (Å²) in [6.07, 6.45) is 1.44. The third-order valence-electron chi connectivity index (χ3n) is 4.95. The van der Waals surface area contributed by atoms with Crippen LogP contribution in [-0.2, 0) is 24.1 Å². The van der Waals surface area contributed by atoms with E-state index < -0.39 is 24.5 Å². The highest BCUT2D eigenvalue weighted by molar-refractivity contribution is 6.05. The van der Waals surface area contributed by atoms with Crippen molar-refractivity contribution in [2.75, 3.05) is 29.7 Å². The molecule has 0 atom stereocenters. The second-order valence-corrected chi connectivity index (χ2v) is 7.46.